The Balaban J connectivity index is 2.04. The van der Waals surface area contributed by atoms with Gasteiger partial charge in [0.15, 0.2) is 0 Å². The molecule has 1 aliphatic heterocycles. The van der Waals surface area contributed by atoms with Gasteiger partial charge in [0.2, 0.25) is 0 Å². The molecule has 19 heavy (non-hydrogen) atoms. The molecule has 1 saturated heterocycles. The van der Waals surface area contributed by atoms with Gasteiger partial charge in [0.05, 0.1) is 0 Å². The predicted molar refractivity (Wildman–Crippen MR) is 80.4 cm³/mol. The summed E-state index contributed by atoms with van der Waals surface area (Å²) in [5, 5.41) is 5.37. The standard InChI is InChI=1S/C15H15BrN2O/c16-14-6-2-3-11-12(14)4-1-5-13(11)15(19)18-9-7-17-8-10-18/h1-6,17H,7-10H2. The number of halogens is 1. The van der Waals surface area contributed by atoms with Gasteiger partial charge in [-0.1, -0.05) is 40.2 Å². The van der Waals surface area contributed by atoms with Gasteiger partial charge in [-0.2, -0.15) is 0 Å². The SMILES string of the molecule is O=C(c1cccc2c(Br)cccc12)N1CCNCC1. The summed E-state index contributed by atoms with van der Waals surface area (Å²) >= 11 is 3.54. The summed E-state index contributed by atoms with van der Waals surface area (Å²) in [6.45, 7) is 3.31. The van der Waals surface area contributed by atoms with E-state index in [0.29, 0.717) is 0 Å². The first kappa shape index (κ1) is 12.6. The zero-order valence-electron chi connectivity index (χ0n) is 10.5. The van der Waals surface area contributed by atoms with Crippen molar-refractivity contribution in [2.45, 2.75) is 0 Å². The summed E-state index contributed by atoms with van der Waals surface area (Å²) in [6, 6.07) is 11.9. The number of hydrogen-bond donors (Lipinski definition) is 1. The van der Waals surface area contributed by atoms with Gasteiger partial charge in [-0.15, -0.1) is 0 Å². The zero-order valence-corrected chi connectivity index (χ0v) is 12.1. The van der Waals surface area contributed by atoms with Crippen LogP contribution in [0.4, 0.5) is 0 Å². The zero-order chi connectivity index (χ0) is 13.2. The van der Waals surface area contributed by atoms with E-state index in [1.807, 2.05) is 41.3 Å². The van der Waals surface area contributed by atoms with Gasteiger partial charge in [-0.3, -0.25) is 4.79 Å². The lowest BCUT2D eigenvalue weighted by Gasteiger charge is -2.27. The Morgan fingerprint density at radius 3 is 2.53 bits per heavy atom. The molecule has 4 heteroatoms. The Kier molecular flexibility index (Phi) is 3.53. The fraction of sp³-hybridized carbons (Fsp3) is 0.267. The van der Waals surface area contributed by atoms with Crippen LogP contribution in [0.1, 0.15) is 10.4 Å². The van der Waals surface area contributed by atoms with Gasteiger partial charge >= 0.3 is 0 Å². The third-order valence-corrected chi connectivity index (χ3v) is 4.19. The highest BCUT2D eigenvalue weighted by molar-refractivity contribution is 9.10. The van der Waals surface area contributed by atoms with Gasteiger partial charge in [-0.05, 0) is 22.9 Å². The van der Waals surface area contributed by atoms with Crippen LogP contribution in [-0.4, -0.2) is 37.0 Å². The molecule has 2 aromatic rings. The van der Waals surface area contributed by atoms with E-state index in [0.717, 1.165) is 47.0 Å². The lowest BCUT2D eigenvalue weighted by molar-refractivity contribution is 0.0738. The van der Waals surface area contributed by atoms with Gasteiger partial charge in [-0.25, -0.2) is 0 Å². The van der Waals surface area contributed by atoms with Crippen molar-refractivity contribution in [1.82, 2.24) is 10.2 Å². The molecule has 1 fully saturated rings. The van der Waals surface area contributed by atoms with Crippen LogP contribution >= 0.6 is 15.9 Å². The number of nitrogens with one attached hydrogen (secondary N) is 1. The van der Waals surface area contributed by atoms with Crippen LogP contribution in [0.5, 0.6) is 0 Å². The summed E-state index contributed by atoms with van der Waals surface area (Å²) in [5.74, 6) is 0.130. The second kappa shape index (κ2) is 5.31. The number of nitrogens with zero attached hydrogens (tertiary/aromatic N) is 1. The van der Waals surface area contributed by atoms with Crippen molar-refractivity contribution in [3.8, 4) is 0 Å². The van der Waals surface area contributed by atoms with Crippen LogP contribution in [0.3, 0.4) is 0 Å². The molecule has 98 valence electrons. The highest BCUT2D eigenvalue weighted by atomic mass is 79.9. The van der Waals surface area contributed by atoms with E-state index in [1.165, 1.54) is 0 Å². The van der Waals surface area contributed by atoms with Crippen LogP contribution in [0.15, 0.2) is 40.9 Å². The molecular formula is C15H15BrN2O. The Labute approximate surface area is 120 Å². The van der Waals surface area contributed by atoms with Crippen molar-refractivity contribution >= 4 is 32.6 Å². The Morgan fingerprint density at radius 2 is 1.74 bits per heavy atom. The first-order valence-electron chi connectivity index (χ1n) is 6.44. The number of amides is 1. The highest BCUT2D eigenvalue weighted by Crippen LogP contribution is 2.27. The number of carbonyl (C=O) groups is 1. The minimum Gasteiger partial charge on any atom is -0.336 e. The molecule has 0 aliphatic carbocycles. The average Bonchev–Trinajstić information content (AvgIpc) is 2.47. The van der Waals surface area contributed by atoms with E-state index in [1.54, 1.807) is 0 Å². The number of piperazine rings is 1. The van der Waals surface area contributed by atoms with E-state index in [9.17, 15) is 4.79 Å². The maximum Gasteiger partial charge on any atom is 0.254 e. The molecule has 0 atom stereocenters. The van der Waals surface area contributed by atoms with Gasteiger partial charge in [0, 0.05) is 36.2 Å². The monoisotopic (exact) mass is 318 g/mol. The lowest BCUT2D eigenvalue weighted by Crippen LogP contribution is -2.46. The first-order chi connectivity index (χ1) is 9.27. The maximum atomic E-state index is 12.6. The minimum absolute atomic E-state index is 0.130. The Morgan fingerprint density at radius 1 is 1.05 bits per heavy atom. The summed E-state index contributed by atoms with van der Waals surface area (Å²) in [7, 11) is 0. The Bertz CT molecular complexity index is 621. The van der Waals surface area contributed by atoms with Crippen molar-refractivity contribution in [1.29, 1.82) is 0 Å². The largest absolute Gasteiger partial charge is 0.336 e. The smallest absolute Gasteiger partial charge is 0.254 e. The molecule has 0 aromatic heterocycles. The number of benzene rings is 2. The molecule has 3 rings (SSSR count). The second-order valence-corrected chi connectivity index (χ2v) is 5.54. The molecule has 0 spiro atoms. The van der Waals surface area contributed by atoms with E-state index in [-0.39, 0.29) is 5.91 Å². The van der Waals surface area contributed by atoms with Crippen molar-refractivity contribution in [3.63, 3.8) is 0 Å². The molecule has 1 amide bonds. The summed E-state index contributed by atoms with van der Waals surface area (Å²) < 4.78 is 1.03. The van der Waals surface area contributed by atoms with E-state index < -0.39 is 0 Å². The third-order valence-electron chi connectivity index (χ3n) is 3.50. The number of rotatable bonds is 1. The van der Waals surface area contributed by atoms with Crippen LogP contribution in [0, 0.1) is 0 Å². The molecule has 3 nitrogen and oxygen atoms in total. The maximum absolute atomic E-state index is 12.6. The second-order valence-electron chi connectivity index (χ2n) is 4.68. The molecule has 0 saturated carbocycles. The minimum atomic E-state index is 0.130. The first-order valence-corrected chi connectivity index (χ1v) is 7.24. The molecule has 1 N–H and O–H groups in total. The van der Waals surface area contributed by atoms with Crippen molar-refractivity contribution in [2.75, 3.05) is 26.2 Å². The van der Waals surface area contributed by atoms with Crippen LogP contribution in [-0.2, 0) is 0 Å². The molecule has 0 bridgehead atoms. The topological polar surface area (TPSA) is 32.3 Å². The van der Waals surface area contributed by atoms with E-state index in [4.69, 9.17) is 0 Å². The fourth-order valence-electron chi connectivity index (χ4n) is 2.50. The van der Waals surface area contributed by atoms with Crippen molar-refractivity contribution < 1.29 is 4.79 Å². The molecule has 2 aromatic carbocycles. The summed E-state index contributed by atoms with van der Waals surface area (Å²) in [5.41, 5.74) is 0.792. The predicted octanol–water partition coefficient (Wildman–Crippen LogP) is 2.65. The molecule has 0 unspecified atom stereocenters. The fourth-order valence-corrected chi connectivity index (χ4v) is 2.99. The number of fused-ring (bicyclic) bond motifs is 1. The van der Waals surface area contributed by atoms with Crippen LogP contribution < -0.4 is 5.32 Å². The highest BCUT2D eigenvalue weighted by Gasteiger charge is 2.19. The summed E-state index contributed by atoms with van der Waals surface area (Å²) in [6.07, 6.45) is 0. The molecule has 0 radical (unpaired) electrons. The van der Waals surface area contributed by atoms with Crippen molar-refractivity contribution in [2.24, 2.45) is 0 Å². The van der Waals surface area contributed by atoms with Crippen molar-refractivity contribution in [3.05, 3.63) is 46.4 Å². The van der Waals surface area contributed by atoms with Gasteiger partial charge in [0.25, 0.3) is 5.91 Å². The Hall–Kier alpha value is -1.39. The van der Waals surface area contributed by atoms with Crippen LogP contribution in [0.2, 0.25) is 0 Å². The number of carbonyl (C=O) groups excluding carboxylic acids is 1. The quantitative estimate of drug-likeness (QED) is 0.876. The molecule has 1 aliphatic rings. The molecule has 1 heterocycles. The third kappa shape index (κ3) is 2.38. The van der Waals surface area contributed by atoms with E-state index in [2.05, 4.69) is 21.2 Å². The van der Waals surface area contributed by atoms with Crippen LogP contribution in [0.25, 0.3) is 10.8 Å². The lowest BCUT2D eigenvalue weighted by atomic mass is 10.0. The average molecular weight is 319 g/mol. The molecular weight excluding hydrogens is 304 g/mol. The summed E-state index contributed by atoms with van der Waals surface area (Å²) in [4.78, 5) is 14.5. The normalized spacial score (nSPS) is 15.7. The van der Waals surface area contributed by atoms with Gasteiger partial charge in [0.1, 0.15) is 0 Å². The number of hydrogen-bond acceptors (Lipinski definition) is 2. The van der Waals surface area contributed by atoms with E-state index >= 15 is 0 Å². The van der Waals surface area contributed by atoms with Gasteiger partial charge < -0.3 is 10.2 Å².